The lowest BCUT2D eigenvalue weighted by Crippen LogP contribution is -2.43. The molecular weight excluding hydrogens is 698 g/mol. The number of aliphatic imine (C=N–C) groups is 1. The summed E-state index contributed by atoms with van der Waals surface area (Å²) in [6, 6.07) is 14.1. The van der Waals surface area contributed by atoms with Gasteiger partial charge in [-0.15, -0.1) is 0 Å². The van der Waals surface area contributed by atoms with Gasteiger partial charge in [-0.05, 0) is 52.8 Å². The van der Waals surface area contributed by atoms with E-state index in [-0.39, 0.29) is 41.0 Å². The highest BCUT2D eigenvalue weighted by Gasteiger charge is 2.45. The van der Waals surface area contributed by atoms with Crippen molar-refractivity contribution in [3.8, 4) is 22.6 Å². The van der Waals surface area contributed by atoms with Gasteiger partial charge in [0.05, 0.1) is 29.5 Å². The van der Waals surface area contributed by atoms with Gasteiger partial charge in [-0.25, -0.2) is 36.9 Å². The third-order valence-electron chi connectivity index (χ3n) is 8.45. The summed E-state index contributed by atoms with van der Waals surface area (Å²) in [6.07, 6.45) is 1.18. The molecule has 0 unspecified atom stereocenters. The summed E-state index contributed by atoms with van der Waals surface area (Å²) in [6.45, 7) is 3.38. The fourth-order valence-corrected chi connectivity index (χ4v) is 6.56. The summed E-state index contributed by atoms with van der Waals surface area (Å²) in [7, 11) is 0. The highest BCUT2D eigenvalue weighted by atomic mass is 35.5. The lowest BCUT2D eigenvalue weighted by atomic mass is 9.76. The smallest absolute Gasteiger partial charge is 0.333 e. The van der Waals surface area contributed by atoms with Crippen LogP contribution >= 0.6 is 11.6 Å². The van der Waals surface area contributed by atoms with Crippen molar-refractivity contribution in [1.29, 1.82) is 0 Å². The first kappa shape index (κ1) is 35.8. The monoisotopic (exact) mass is 730 g/mol. The Kier molecular flexibility index (Phi) is 9.77. The highest BCUT2D eigenvalue weighted by Crippen LogP contribution is 2.44. The number of hydrogen-bond acceptors (Lipinski definition) is 7. The second-order valence-corrected chi connectivity index (χ2v) is 13.8. The van der Waals surface area contributed by atoms with Crippen LogP contribution in [0, 0.1) is 17.0 Å². The zero-order valence-corrected chi connectivity index (χ0v) is 28.4. The first-order valence-corrected chi connectivity index (χ1v) is 16.1. The standard InChI is InChI=1S/C35H33ClF6N8O/c1-34(2,3)17-35(23-7-4-20(5-8-23)22-14-45-49(15-22)32(41)42)18-48(33(43)47-35)28(16-51-29-11-9-24(37)13-26(29)38)21-6-10-25(36)27(12-21)50-31(30(39)40)44-19-46-50/h4-15,19,28,30,32H,16-18H2,1-3H3,(H2,43,47)/t28-,35+/m1/s1. The Morgan fingerprint density at radius 3 is 2.35 bits per heavy atom. The van der Waals surface area contributed by atoms with Gasteiger partial charge in [0.25, 0.3) is 6.43 Å². The number of hydrogen-bond donors (Lipinski definition) is 1. The second kappa shape index (κ2) is 13.9. The van der Waals surface area contributed by atoms with Crippen molar-refractivity contribution in [2.24, 2.45) is 16.1 Å². The van der Waals surface area contributed by atoms with Crippen LogP contribution in [0.5, 0.6) is 5.75 Å². The van der Waals surface area contributed by atoms with E-state index in [4.69, 9.17) is 27.1 Å². The number of rotatable bonds is 11. The largest absolute Gasteiger partial charge is 0.488 e. The van der Waals surface area contributed by atoms with Crippen molar-refractivity contribution in [1.82, 2.24) is 29.4 Å². The molecule has 1 aliphatic heterocycles. The Bertz CT molecular complexity index is 2040. The van der Waals surface area contributed by atoms with E-state index >= 15 is 0 Å². The lowest BCUT2D eigenvalue weighted by molar-refractivity contribution is 0.0566. The average molecular weight is 731 g/mol. The SMILES string of the molecule is CC(C)(C)C[C@@]1(c2ccc(-c3cnn(C(F)F)c3)cc2)CN([C@H](COc2ccc(F)cc2F)c2ccc(Cl)c(-n3ncnc3C(F)F)c2)C(N)=N1. The maximum absolute atomic E-state index is 14.7. The predicted octanol–water partition coefficient (Wildman–Crippen LogP) is 8.48. The van der Waals surface area contributed by atoms with Crippen LogP contribution in [0.15, 0.2) is 84.4 Å². The fourth-order valence-electron chi connectivity index (χ4n) is 6.36. The van der Waals surface area contributed by atoms with Gasteiger partial charge in [0, 0.05) is 17.8 Å². The van der Waals surface area contributed by atoms with Crippen LogP contribution in [0.4, 0.5) is 26.3 Å². The van der Waals surface area contributed by atoms with Crippen LogP contribution in [0.25, 0.3) is 16.8 Å². The highest BCUT2D eigenvalue weighted by molar-refractivity contribution is 6.32. The van der Waals surface area contributed by atoms with Crippen molar-refractivity contribution in [3.05, 3.63) is 113 Å². The van der Waals surface area contributed by atoms with Crippen molar-refractivity contribution < 1.29 is 31.1 Å². The molecule has 6 rings (SSSR count). The first-order chi connectivity index (χ1) is 24.1. The quantitative estimate of drug-likeness (QED) is 0.137. The summed E-state index contributed by atoms with van der Waals surface area (Å²) in [5.74, 6) is -2.41. The number of nitrogens with zero attached hydrogens (tertiary/aromatic N) is 7. The summed E-state index contributed by atoms with van der Waals surface area (Å²) in [5, 5.41) is 7.79. The van der Waals surface area contributed by atoms with Gasteiger partial charge in [-0.3, -0.25) is 0 Å². The first-order valence-electron chi connectivity index (χ1n) is 15.7. The number of benzene rings is 3. The molecular formula is C35H33ClF6N8O. The van der Waals surface area contributed by atoms with Crippen LogP contribution in [0.3, 0.4) is 0 Å². The summed E-state index contributed by atoms with van der Waals surface area (Å²) >= 11 is 6.48. The van der Waals surface area contributed by atoms with E-state index in [9.17, 15) is 26.3 Å². The maximum atomic E-state index is 14.7. The van der Waals surface area contributed by atoms with Gasteiger partial charge in [0.1, 0.15) is 24.3 Å². The van der Waals surface area contributed by atoms with Gasteiger partial charge in [-0.2, -0.15) is 19.0 Å². The molecule has 268 valence electrons. The summed E-state index contributed by atoms with van der Waals surface area (Å²) in [4.78, 5) is 10.5. The Hall–Kier alpha value is -5.05. The molecule has 0 saturated carbocycles. The van der Waals surface area contributed by atoms with E-state index in [1.807, 2.05) is 12.1 Å². The van der Waals surface area contributed by atoms with Crippen LogP contribution < -0.4 is 10.5 Å². The molecule has 3 aromatic carbocycles. The average Bonchev–Trinajstić information content (AvgIpc) is 3.82. The third kappa shape index (κ3) is 7.53. The molecule has 0 saturated heterocycles. The van der Waals surface area contributed by atoms with Crippen LogP contribution in [0.1, 0.15) is 63.2 Å². The van der Waals surface area contributed by atoms with Crippen molar-refractivity contribution >= 4 is 17.6 Å². The molecule has 0 radical (unpaired) electrons. The number of alkyl halides is 4. The Morgan fingerprint density at radius 1 is 0.961 bits per heavy atom. The number of guanidine groups is 1. The van der Waals surface area contributed by atoms with Gasteiger partial charge in [0.15, 0.2) is 23.4 Å². The maximum Gasteiger partial charge on any atom is 0.333 e. The fraction of sp³-hybridized carbons (Fsp3) is 0.314. The van der Waals surface area contributed by atoms with Gasteiger partial charge in [-0.1, -0.05) is 62.7 Å². The van der Waals surface area contributed by atoms with Crippen molar-refractivity contribution in [3.63, 3.8) is 0 Å². The molecule has 0 bridgehead atoms. The molecule has 0 fully saturated rings. The third-order valence-corrected chi connectivity index (χ3v) is 8.77. The zero-order valence-electron chi connectivity index (χ0n) is 27.6. The van der Waals surface area contributed by atoms with Crippen LogP contribution in [0.2, 0.25) is 5.02 Å². The number of halogens is 7. The lowest BCUT2D eigenvalue weighted by Gasteiger charge is -2.36. The predicted molar refractivity (Wildman–Crippen MR) is 179 cm³/mol. The molecule has 2 atom stereocenters. The van der Waals surface area contributed by atoms with E-state index in [1.54, 1.807) is 29.2 Å². The molecule has 16 heteroatoms. The van der Waals surface area contributed by atoms with Gasteiger partial charge < -0.3 is 15.4 Å². The summed E-state index contributed by atoms with van der Waals surface area (Å²) in [5.41, 5.74) is 8.08. The van der Waals surface area contributed by atoms with Crippen molar-refractivity contribution in [2.45, 2.75) is 51.7 Å². The Morgan fingerprint density at radius 2 is 1.71 bits per heavy atom. The molecule has 1 aliphatic rings. The summed E-state index contributed by atoms with van der Waals surface area (Å²) < 4.78 is 89.8. The Labute approximate surface area is 294 Å². The van der Waals surface area contributed by atoms with Crippen LogP contribution in [-0.4, -0.2) is 48.6 Å². The number of ether oxygens (including phenoxy) is 1. The van der Waals surface area contributed by atoms with E-state index in [0.29, 0.717) is 33.9 Å². The van der Waals surface area contributed by atoms with E-state index < -0.39 is 42.0 Å². The van der Waals surface area contributed by atoms with E-state index in [0.717, 1.165) is 28.7 Å². The van der Waals surface area contributed by atoms with Gasteiger partial charge in [0.2, 0.25) is 0 Å². The molecule has 3 heterocycles. The van der Waals surface area contributed by atoms with Gasteiger partial charge >= 0.3 is 6.55 Å². The molecule has 0 amide bonds. The molecule has 2 N–H and O–H groups in total. The van der Waals surface area contributed by atoms with E-state index in [2.05, 4.69) is 36.0 Å². The minimum atomic E-state index is -2.95. The van der Waals surface area contributed by atoms with Crippen LogP contribution in [-0.2, 0) is 5.54 Å². The normalized spacial score (nSPS) is 17.0. The molecule has 51 heavy (non-hydrogen) atoms. The number of aromatic nitrogens is 5. The molecule has 2 aromatic heterocycles. The Balaban J connectivity index is 1.40. The van der Waals surface area contributed by atoms with E-state index in [1.165, 1.54) is 18.5 Å². The topological polar surface area (TPSA) is 99.4 Å². The molecule has 0 aliphatic carbocycles. The zero-order chi connectivity index (χ0) is 36.7. The van der Waals surface area contributed by atoms with Crippen molar-refractivity contribution in [2.75, 3.05) is 13.2 Å². The second-order valence-electron chi connectivity index (χ2n) is 13.4. The molecule has 0 spiro atoms. The molecule has 5 aromatic rings. The minimum Gasteiger partial charge on any atom is -0.488 e. The number of nitrogens with two attached hydrogens (primary N) is 1. The minimum absolute atomic E-state index is 0.111. The molecule has 9 nitrogen and oxygen atoms in total.